The molecule has 312 valence electrons. The number of hydrogen-bond donors (Lipinski definition) is 6. The highest BCUT2D eigenvalue weighted by atomic mass is 32.2. The minimum atomic E-state index is -1.60. The fourth-order valence-electron chi connectivity index (χ4n) is 6.16. The van der Waals surface area contributed by atoms with E-state index < -0.39 is 55.3 Å². The molecule has 0 aromatic carbocycles. The molecule has 54 heavy (non-hydrogen) atoms. The molecular weight excluding hydrogens is 719 g/mol. The number of aliphatic hydroxyl groups excluding tert-OH is 4. The quantitative estimate of drug-likeness (QED) is 0.0449. The summed E-state index contributed by atoms with van der Waals surface area (Å²) in [6.07, 6.45) is 14.5. The molecule has 0 saturated carbocycles. The van der Waals surface area contributed by atoms with Gasteiger partial charge in [0.25, 0.3) is 0 Å². The van der Waals surface area contributed by atoms with Crippen molar-refractivity contribution in [2.75, 3.05) is 30.0 Å². The third kappa shape index (κ3) is 19.5. The number of anilines is 1. The number of nitrogens with one attached hydrogen (secondary N) is 1. The second-order valence-electron chi connectivity index (χ2n) is 14.4. The fourth-order valence-corrected chi connectivity index (χ4v) is 7.13. The largest absolute Gasteiger partial charge is 0.462 e. The number of nitrogens with zero attached hydrogens (tertiary/aromatic N) is 3. The van der Waals surface area contributed by atoms with Gasteiger partial charge in [0.2, 0.25) is 5.91 Å². The predicted molar refractivity (Wildman–Crippen MR) is 207 cm³/mol. The number of ether oxygens (including phenoxy) is 3. The Morgan fingerprint density at radius 1 is 0.815 bits per heavy atom. The van der Waals surface area contributed by atoms with Crippen LogP contribution in [0.25, 0.3) is 0 Å². The van der Waals surface area contributed by atoms with Gasteiger partial charge in [0.1, 0.15) is 37.1 Å². The fraction of sp³-hybridized carbons (Fsp3) is 0.868. The molecule has 1 fully saturated rings. The number of unbranched alkanes of at least 4 members (excludes halogenated alkanes) is 16. The SMILES string of the molecule is CCCCCCCCCCCC(=O)OC[C@H](CSC[C@@H](N)C(=O)Nc1cn(C2OC(CO)C(O)C(O)C2O)nn1)OC(=O)CCCCCCCCCCC. The molecule has 0 spiro atoms. The first kappa shape index (κ1) is 47.8. The molecule has 7 N–H and O–H groups in total. The number of carbonyl (C=O) groups is 3. The summed E-state index contributed by atoms with van der Waals surface area (Å²) < 4.78 is 17.8. The molecule has 1 amide bonds. The van der Waals surface area contributed by atoms with Crippen LogP contribution in [-0.4, -0.2) is 115 Å². The molecule has 5 unspecified atom stereocenters. The maximum absolute atomic E-state index is 12.8. The van der Waals surface area contributed by atoms with Gasteiger partial charge in [0.05, 0.1) is 18.8 Å². The van der Waals surface area contributed by atoms with Crippen LogP contribution in [0.5, 0.6) is 0 Å². The summed E-state index contributed by atoms with van der Waals surface area (Å²) in [5.74, 6) is -0.817. The zero-order chi connectivity index (χ0) is 39.6. The lowest BCUT2D eigenvalue weighted by Gasteiger charge is -2.39. The van der Waals surface area contributed by atoms with Crippen LogP contribution in [0.1, 0.15) is 148 Å². The van der Waals surface area contributed by atoms with Gasteiger partial charge in [-0.15, -0.1) is 5.10 Å². The van der Waals surface area contributed by atoms with Crippen LogP contribution in [0, 0.1) is 0 Å². The van der Waals surface area contributed by atoms with E-state index in [1.165, 1.54) is 88.6 Å². The summed E-state index contributed by atoms with van der Waals surface area (Å²) in [5.41, 5.74) is 6.14. The topological polar surface area (TPSA) is 229 Å². The van der Waals surface area contributed by atoms with Crippen LogP contribution in [0.3, 0.4) is 0 Å². The second kappa shape index (κ2) is 29.0. The number of aromatic nitrogens is 3. The highest BCUT2D eigenvalue weighted by Gasteiger charge is 2.44. The van der Waals surface area contributed by atoms with Crippen molar-refractivity contribution < 1.29 is 49.0 Å². The summed E-state index contributed by atoms with van der Waals surface area (Å²) in [6.45, 7) is 3.74. The van der Waals surface area contributed by atoms with E-state index in [1.54, 1.807) is 0 Å². The molecule has 7 atom stereocenters. The Bertz CT molecular complexity index is 1160. The predicted octanol–water partition coefficient (Wildman–Crippen LogP) is 4.55. The number of nitrogens with two attached hydrogens (primary N) is 1. The first-order chi connectivity index (χ1) is 26.1. The molecule has 1 saturated heterocycles. The average molecular weight is 788 g/mol. The Balaban J connectivity index is 1.81. The molecule has 2 rings (SSSR count). The monoisotopic (exact) mass is 787 g/mol. The normalized spacial score (nSPS) is 21.1. The minimum Gasteiger partial charge on any atom is -0.462 e. The van der Waals surface area contributed by atoms with Gasteiger partial charge in [-0.1, -0.05) is 122 Å². The summed E-state index contributed by atoms with van der Waals surface area (Å²) >= 11 is 1.29. The van der Waals surface area contributed by atoms with E-state index in [0.29, 0.717) is 6.42 Å². The van der Waals surface area contributed by atoms with Gasteiger partial charge >= 0.3 is 11.9 Å². The Kier molecular flexibility index (Phi) is 25.7. The van der Waals surface area contributed by atoms with Crippen molar-refractivity contribution in [3.8, 4) is 0 Å². The van der Waals surface area contributed by atoms with Crippen LogP contribution >= 0.6 is 11.8 Å². The molecule has 0 aliphatic carbocycles. The number of amides is 1. The number of rotatable bonds is 31. The molecule has 0 radical (unpaired) electrons. The number of hydrogen-bond acceptors (Lipinski definition) is 14. The molecule has 0 bridgehead atoms. The van der Waals surface area contributed by atoms with E-state index in [9.17, 15) is 34.8 Å². The number of thioether (sulfide) groups is 1. The smallest absolute Gasteiger partial charge is 0.306 e. The third-order valence-corrected chi connectivity index (χ3v) is 10.7. The summed E-state index contributed by atoms with van der Waals surface area (Å²) in [5, 5.41) is 50.1. The van der Waals surface area contributed by atoms with Gasteiger partial charge < -0.3 is 45.7 Å². The molecular formula is C38H69N5O10S. The van der Waals surface area contributed by atoms with Gasteiger partial charge in [0, 0.05) is 24.3 Å². The van der Waals surface area contributed by atoms with Crippen molar-refractivity contribution in [3.05, 3.63) is 6.20 Å². The average Bonchev–Trinajstić information content (AvgIpc) is 3.62. The molecule has 1 aliphatic rings. The van der Waals surface area contributed by atoms with E-state index in [2.05, 4.69) is 29.5 Å². The van der Waals surface area contributed by atoms with Crippen LogP contribution in [0.4, 0.5) is 5.82 Å². The van der Waals surface area contributed by atoms with Gasteiger partial charge in [0.15, 0.2) is 12.0 Å². The third-order valence-electron chi connectivity index (χ3n) is 9.52. The highest BCUT2D eigenvalue weighted by Crippen LogP contribution is 2.28. The lowest BCUT2D eigenvalue weighted by Crippen LogP contribution is -2.56. The van der Waals surface area contributed by atoms with Crippen LogP contribution in [-0.2, 0) is 28.6 Å². The Morgan fingerprint density at radius 2 is 1.35 bits per heavy atom. The highest BCUT2D eigenvalue weighted by molar-refractivity contribution is 7.99. The summed E-state index contributed by atoms with van der Waals surface area (Å²) in [4.78, 5) is 38.1. The zero-order valence-corrected chi connectivity index (χ0v) is 33.5. The van der Waals surface area contributed by atoms with Crippen molar-refractivity contribution in [3.63, 3.8) is 0 Å². The Morgan fingerprint density at radius 3 is 1.91 bits per heavy atom. The first-order valence-electron chi connectivity index (χ1n) is 20.3. The van der Waals surface area contributed by atoms with Crippen molar-refractivity contribution in [1.29, 1.82) is 0 Å². The molecule has 1 aliphatic heterocycles. The van der Waals surface area contributed by atoms with E-state index >= 15 is 0 Å². The molecule has 15 nitrogen and oxygen atoms in total. The second-order valence-corrected chi connectivity index (χ2v) is 15.5. The van der Waals surface area contributed by atoms with Gasteiger partial charge in [-0.25, -0.2) is 4.68 Å². The van der Waals surface area contributed by atoms with Crippen molar-refractivity contribution in [1.82, 2.24) is 15.0 Å². The molecule has 1 aromatic rings. The molecule has 16 heteroatoms. The number of aliphatic hydroxyl groups is 4. The van der Waals surface area contributed by atoms with E-state index in [4.69, 9.17) is 19.9 Å². The maximum Gasteiger partial charge on any atom is 0.306 e. The van der Waals surface area contributed by atoms with Crippen LogP contribution < -0.4 is 11.1 Å². The van der Waals surface area contributed by atoms with Crippen molar-refractivity contribution in [2.45, 2.75) is 185 Å². The Hall–Kier alpha value is -2.34. The van der Waals surface area contributed by atoms with Crippen molar-refractivity contribution >= 4 is 35.4 Å². The standard InChI is InChI=1S/C38H69N5O10S/c1-3-5-7-9-11-13-15-17-19-21-32(45)51-25-28(52-33(46)22-20-18-16-14-12-10-8-6-4-2)26-54-27-29(39)37(50)40-31-23-43(42-41-31)38-36(49)35(48)34(47)30(24-44)53-38/h23,28-30,34-36,38,44,47-49H,3-22,24-27,39H2,1-2H3,(H,40,50)/t28-,29-,30?,34?,35?,36?,38?/m1/s1. The summed E-state index contributed by atoms with van der Waals surface area (Å²) in [7, 11) is 0. The Labute approximate surface area is 325 Å². The molecule has 1 aromatic heterocycles. The number of esters is 2. The van der Waals surface area contributed by atoms with Gasteiger partial charge in [-0.3, -0.25) is 14.4 Å². The van der Waals surface area contributed by atoms with Crippen molar-refractivity contribution in [2.24, 2.45) is 5.73 Å². The first-order valence-corrected chi connectivity index (χ1v) is 21.5. The summed E-state index contributed by atoms with van der Waals surface area (Å²) in [6, 6.07) is -0.986. The minimum absolute atomic E-state index is 0.000374. The van der Waals surface area contributed by atoms with E-state index in [1.807, 2.05) is 0 Å². The lowest BCUT2D eigenvalue weighted by atomic mass is 9.98. The lowest BCUT2D eigenvalue weighted by molar-refractivity contribution is -0.254. The molecule has 2 heterocycles. The van der Waals surface area contributed by atoms with Gasteiger partial charge in [-0.05, 0) is 12.8 Å². The zero-order valence-electron chi connectivity index (χ0n) is 32.7. The van der Waals surface area contributed by atoms with E-state index in [0.717, 1.165) is 49.6 Å². The van der Waals surface area contributed by atoms with E-state index in [-0.39, 0.29) is 42.3 Å². The van der Waals surface area contributed by atoms with Crippen LogP contribution in [0.2, 0.25) is 0 Å². The van der Waals surface area contributed by atoms with Gasteiger partial charge in [-0.2, -0.15) is 11.8 Å². The maximum atomic E-state index is 12.8. The number of carbonyl (C=O) groups excluding carboxylic acids is 3. The van der Waals surface area contributed by atoms with Crippen LogP contribution in [0.15, 0.2) is 6.20 Å².